The maximum absolute atomic E-state index is 13.0. The van der Waals surface area contributed by atoms with Crippen molar-refractivity contribution in [2.45, 2.75) is 13.3 Å². The Kier molecular flexibility index (Phi) is 6.36. The molecule has 7 nitrogen and oxygen atoms in total. The number of nitrogens with one attached hydrogen (secondary N) is 2. The van der Waals surface area contributed by atoms with Crippen LogP contribution in [-0.2, 0) is 11.2 Å². The van der Waals surface area contributed by atoms with Crippen molar-refractivity contribution in [1.29, 1.82) is 0 Å². The molecule has 4 rings (SSSR count). The van der Waals surface area contributed by atoms with Crippen LogP contribution in [0.1, 0.15) is 22.8 Å². The van der Waals surface area contributed by atoms with Gasteiger partial charge in [-0.1, -0.05) is 43.3 Å². The summed E-state index contributed by atoms with van der Waals surface area (Å²) >= 11 is 0. The van der Waals surface area contributed by atoms with Crippen LogP contribution in [0.5, 0.6) is 0 Å². The van der Waals surface area contributed by atoms with Gasteiger partial charge in [-0.15, -0.1) is 0 Å². The summed E-state index contributed by atoms with van der Waals surface area (Å²) in [7, 11) is 0. The van der Waals surface area contributed by atoms with Crippen molar-refractivity contribution < 1.29 is 9.59 Å². The van der Waals surface area contributed by atoms with E-state index in [1.165, 1.54) is 0 Å². The lowest BCUT2D eigenvalue weighted by Crippen LogP contribution is -2.33. The minimum Gasteiger partial charge on any atom is -0.343 e. The van der Waals surface area contributed by atoms with Gasteiger partial charge in [-0.05, 0) is 42.3 Å². The number of nitrogens with zero attached hydrogens (tertiary/aromatic N) is 3. The van der Waals surface area contributed by atoms with Crippen LogP contribution in [0.4, 0.5) is 5.69 Å². The van der Waals surface area contributed by atoms with Crippen molar-refractivity contribution in [3.63, 3.8) is 0 Å². The van der Waals surface area contributed by atoms with Gasteiger partial charge in [0.2, 0.25) is 5.91 Å². The topological polar surface area (TPSA) is 88.9 Å². The lowest BCUT2D eigenvalue weighted by Gasteiger charge is -2.10. The van der Waals surface area contributed by atoms with Crippen molar-refractivity contribution in [2.75, 3.05) is 11.9 Å². The first kappa shape index (κ1) is 21.0. The Balaban J connectivity index is 1.53. The molecule has 0 saturated heterocycles. The van der Waals surface area contributed by atoms with Crippen LogP contribution in [0.2, 0.25) is 0 Å². The molecule has 4 aromatic rings. The molecular weight excluding hydrogens is 402 g/mol. The van der Waals surface area contributed by atoms with Crippen LogP contribution >= 0.6 is 0 Å². The van der Waals surface area contributed by atoms with E-state index in [4.69, 9.17) is 0 Å². The number of amides is 2. The maximum atomic E-state index is 13.0. The number of rotatable bonds is 7. The van der Waals surface area contributed by atoms with E-state index < -0.39 is 0 Å². The number of benzene rings is 2. The predicted octanol–water partition coefficient (Wildman–Crippen LogP) is 3.87. The molecule has 2 aromatic heterocycles. The zero-order chi connectivity index (χ0) is 22.3. The highest BCUT2D eigenvalue weighted by Crippen LogP contribution is 2.23. The molecule has 0 bridgehead atoms. The summed E-state index contributed by atoms with van der Waals surface area (Å²) in [6.45, 7) is 1.87. The van der Waals surface area contributed by atoms with Gasteiger partial charge in [-0.2, -0.15) is 5.10 Å². The average molecular weight is 425 g/mol. The molecule has 0 spiro atoms. The average Bonchev–Trinajstić information content (AvgIpc) is 3.30. The predicted molar refractivity (Wildman–Crippen MR) is 124 cm³/mol. The number of para-hydroxylation sites is 2. The molecule has 2 amide bonds. The van der Waals surface area contributed by atoms with E-state index in [0.29, 0.717) is 16.8 Å². The third kappa shape index (κ3) is 4.73. The van der Waals surface area contributed by atoms with Gasteiger partial charge in [-0.3, -0.25) is 14.6 Å². The molecule has 0 radical (unpaired) electrons. The molecule has 0 unspecified atom stereocenters. The summed E-state index contributed by atoms with van der Waals surface area (Å²) in [6, 6.07) is 20.8. The van der Waals surface area contributed by atoms with Crippen LogP contribution in [0, 0.1) is 0 Å². The maximum Gasteiger partial charge on any atom is 0.255 e. The van der Waals surface area contributed by atoms with Crippen LogP contribution in [0.3, 0.4) is 0 Å². The number of hydrogen-bond donors (Lipinski definition) is 2. The molecular formula is C25H23N5O2. The summed E-state index contributed by atoms with van der Waals surface area (Å²) in [4.78, 5) is 29.6. The Morgan fingerprint density at radius 1 is 0.969 bits per heavy atom. The molecule has 160 valence electrons. The Bertz CT molecular complexity index is 1220. The van der Waals surface area contributed by atoms with Gasteiger partial charge in [0.25, 0.3) is 5.91 Å². The van der Waals surface area contributed by atoms with Crippen LogP contribution in [0.15, 0.2) is 85.3 Å². The van der Waals surface area contributed by atoms with Crippen LogP contribution < -0.4 is 10.6 Å². The molecule has 2 heterocycles. The van der Waals surface area contributed by atoms with Gasteiger partial charge in [0.15, 0.2) is 0 Å². The van der Waals surface area contributed by atoms with E-state index in [2.05, 4.69) is 20.7 Å². The van der Waals surface area contributed by atoms with Gasteiger partial charge in [0.1, 0.15) is 5.69 Å². The molecule has 0 aliphatic rings. The first-order chi connectivity index (χ1) is 15.7. The van der Waals surface area contributed by atoms with Gasteiger partial charge < -0.3 is 10.6 Å². The van der Waals surface area contributed by atoms with Crippen LogP contribution in [0.25, 0.3) is 16.9 Å². The second kappa shape index (κ2) is 9.70. The number of carbonyl (C=O) groups excluding carboxylic acids is 2. The third-order valence-electron chi connectivity index (χ3n) is 5.00. The van der Waals surface area contributed by atoms with Gasteiger partial charge in [-0.25, -0.2) is 4.68 Å². The first-order valence-corrected chi connectivity index (χ1v) is 10.4. The van der Waals surface area contributed by atoms with E-state index in [-0.39, 0.29) is 18.4 Å². The number of pyridine rings is 1. The Morgan fingerprint density at radius 2 is 1.75 bits per heavy atom. The number of carbonyl (C=O) groups is 2. The van der Waals surface area contributed by atoms with Gasteiger partial charge in [0, 0.05) is 29.8 Å². The number of hydrogen-bond acceptors (Lipinski definition) is 4. The molecule has 0 fully saturated rings. The molecule has 0 aliphatic heterocycles. The lowest BCUT2D eigenvalue weighted by molar-refractivity contribution is -0.115. The first-order valence-electron chi connectivity index (χ1n) is 10.4. The molecule has 0 saturated carbocycles. The van der Waals surface area contributed by atoms with Crippen molar-refractivity contribution >= 4 is 17.5 Å². The highest BCUT2D eigenvalue weighted by molar-refractivity contribution is 6.02. The standard InChI is InChI=1S/C25H23N5O2/c1-2-18-9-6-7-13-22(18)28-23(31)16-27-25(32)21-17-30(20-11-4-3-5-12-20)29-24(21)19-10-8-14-26-15-19/h3-15,17H,2,16H2,1H3,(H,27,32)(H,28,31). The largest absolute Gasteiger partial charge is 0.343 e. The summed E-state index contributed by atoms with van der Waals surface area (Å²) in [6.07, 6.45) is 5.78. The summed E-state index contributed by atoms with van der Waals surface area (Å²) in [5.41, 5.74) is 4.19. The van der Waals surface area contributed by atoms with Gasteiger partial charge >= 0.3 is 0 Å². The lowest BCUT2D eigenvalue weighted by atomic mass is 10.1. The number of aromatic nitrogens is 3. The molecule has 32 heavy (non-hydrogen) atoms. The van der Waals surface area contributed by atoms with Crippen LogP contribution in [-0.4, -0.2) is 33.1 Å². The Morgan fingerprint density at radius 3 is 2.50 bits per heavy atom. The summed E-state index contributed by atoms with van der Waals surface area (Å²) < 4.78 is 1.65. The highest BCUT2D eigenvalue weighted by Gasteiger charge is 2.19. The van der Waals surface area contributed by atoms with Crippen molar-refractivity contribution in [1.82, 2.24) is 20.1 Å². The Labute approximate surface area is 186 Å². The monoisotopic (exact) mass is 425 g/mol. The van der Waals surface area contributed by atoms with E-state index in [1.807, 2.05) is 67.6 Å². The second-order valence-corrected chi connectivity index (χ2v) is 7.15. The molecule has 2 N–H and O–H groups in total. The molecule has 7 heteroatoms. The number of anilines is 1. The van der Waals surface area contributed by atoms with E-state index in [9.17, 15) is 9.59 Å². The normalized spacial score (nSPS) is 10.5. The summed E-state index contributed by atoms with van der Waals surface area (Å²) in [5, 5.41) is 10.2. The van der Waals surface area contributed by atoms with E-state index >= 15 is 0 Å². The molecule has 0 atom stereocenters. The SMILES string of the molecule is CCc1ccccc1NC(=O)CNC(=O)c1cn(-c2ccccc2)nc1-c1cccnc1. The third-order valence-corrected chi connectivity index (χ3v) is 5.00. The minimum atomic E-state index is -0.384. The molecule has 2 aromatic carbocycles. The zero-order valence-electron chi connectivity index (χ0n) is 17.7. The number of aryl methyl sites for hydroxylation is 1. The van der Waals surface area contributed by atoms with Crippen molar-refractivity contribution in [3.05, 3.63) is 96.4 Å². The fourth-order valence-corrected chi connectivity index (χ4v) is 3.37. The summed E-state index contributed by atoms with van der Waals surface area (Å²) in [5.74, 6) is -0.678. The molecule has 0 aliphatic carbocycles. The second-order valence-electron chi connectivity index (χ2n) is 7.15. The fourth-order valence-electron chi connectivity index (χ4n) is 3.37. The van der Waals surface area contributed by atoms with Crippen molar-refractivity contribution in [2.24, 2.45) is 0 Å². The van der Waals surface area contributed by atoms with Crippen molar-refractivity contribution in [3.8, 4) is 16.9 Å². The van der Waals surface area contributed by atoms with Gasteiger partial charge in [0.05, 0.1) is 17.8 Å². The fraction of sp³-hybridized carbons (Fsp3) is 0.120. The smallest absolute Gasteiger partial charge is 0.255 e. The minimum absolute atomic E-state index is 0.153. The Hall–Kier alpha value is -4.26. The highest BCUT2D eigenvalue weighted by atomic mass is 16.2. The quantitative estimate of drug-likeness (QED) is 0.471. The van der Waals surface area contributed by atoms with E-state index in [0.717, 1.165) is 23.4 Å². The zero-order valence-corrected chi connectivity index (χ0v) is 17.7. The van der Waals surface area contributed by atoms with E-state index in [1.54, 1.807) is 29.3 Å².